The van der Waals surface area contributed by atoms with Crippen LogP contribution in [-0.2, 0) is 0 Å². The summed E-state index contributed by atoms with van der Waals surface area (Å²) in [6.07, 6.45) is 21.2. The smallest absolute Gasteiger partial charge is 0.0489 e. The minimum Gasteiger partial charge on any atom is -0.175 e. The Bertz CT molecular complexity index is 637. The highest BCUT2D eigenvalue weighted by molar-refractivity contribution is 7.87. The van der Waals surface area contributed by atoms with Crippen LogP contribution in [0.2, 0.25) is 0 Å². The predicted octanol–water partition coefficient (Wildman–Crippen LogP) is 14.0. The average Bonchev–Trinajstić information content (AvgIpc) is 3.03. The summed E-state index contributed by atoms with van der Waals surface area (Å²) < 4.78 is 0. The predicted molar refractivity (Wildman–Crippen MR) is 225 cm³/mol. The largest absolute Gasteiger partial charge is 0.175 e. The van der Waals surface area contributed by atoms with Crippen molar-refractivity contribution in [1.29, 1.82) is 0 Å². The second kappa shape index (κ2) is 26.9. The van der Waals surface area contributed by atoms with Gasteiger partial charge in [0.25, 0.3) is 0 Å². The van der Waals surface area contributed by atoms with Crippen LogP contribution >= 0.6 is 75.8 Å². The van der Waals surface area contributed by atoms with Crippen LogP contribution in [0.5, 0.6) is 0 Å². The number of hydrogen-bond donors (Lipinski definition) is 6. The number of unbranched alkanes of at least 4 members (excludes halogenated alkanes) is 4. The molecule has 264 valence electrons. The highest BCUT2D eigenvalue weighted by Crippen LogP contribution is 2.62. The molecule has 0 fully saturated rings. The molecule has 0 nitrogen and oxygen atoms in total. The van der Waals surface area contributed by atoms with Gasteiger partial charge in [-0.2, -0.15) is 75.8 Å². The van der Waals surface area contributed by atoms with E-state index in [1.54, 1.807) is 0 Å². The lowest BCUT2D eigenvalue weighted by Crippen LogP contribution is -2.59. The molecule has 0 saturated heterocycles. The van der Waals surface area contributed by atoms with E-state index < -0.39 is 0 Å². The molecule has 9 atom stereocenters. The number of thiol groups is 6. The van der Waals surface area contributed by atoms with Crippen molar-refractivity contribution < 1.29 is 0 Å². The SMILES string of the molecule is CCCCC(CC)C(S)[C](S)C(C(S)C(CC)CCCC)(C(S)C(CC)CCCC)C(CC[CH]S)C(S)C(CC)CCCC. The Balaban J connectivity index is 7.78. The highest BCUT2D eigenvalue weighted by Gasteiger charge is 2.59. The molecule has 0 spiro atoms. The first-order chi connectivity index (χ1) is 21.1. The molecule has 0 heterocycles. The van der Waals surface area contributed by atoms with E-state index >= 15 is 0 Å². The molecular formula is C38H76S6. The topological polar surface area (TPSA) is 0 Å². The molecule has 0 aromatic heterocycles. The minimum atomic E-state index is -0.312. The third kappa shape index (κ3) is 13.4. The molecule has 0 rings (SSSR count). The van der Waals surface area contributed by atoms with Crippen molar-refractivity contribution in [2.24, 2.45) is 35.0 Å². The zero-order valence-electron chi connectivity index (χ0n) is 30.2. The summed E-state index contributed by atoms with van der Waals surface area (Å²) in [5.74, 6) is 4.40. The van der Waals surface area contributed by atoms with Gasteiger partial charge < -0.3 is 0 Å². The zero-order valence-corrected chi connectivity index (χ0v) is 35.6. The monoisotopic (exact) mass is 724 g/mol. The Morgan fingerprint density at radius 3 is 1.25 bits per heavy atom. The standard InChI is InChI=1S/C38H76S6/c1-9-17-22-28(13-5)33(40)32(26-21-27-39)38(35(42)30(15-7)24-19-11-3,36(43)31(16-8)25-20-12-4)37(44)34(41)29(14-6)23-18-10-2/h27-36,39-44H,9-26H2,1-8H3. The third-order valence-corrected chi connectivity index (χ3v) is 15.3. The molecule has 0 bridgehead atoms. The third-order valence-electron chi connectivity index (χ3n) is 11.0. The number of rotatable bonds is 29. The Morgan fingerprint density at radius 2 is 0.909 bits per heavy atom. The molecule has 0 amide bonds. The quantitative estimate of drug-likeness (QED) is 0.0407. The van der Waals surface area contributed by atoms with E-state index in [9.17, 15) is 0 Å². The van der Waals surface area contributed by atoms with Gasteiger partial charge in [0.2, 0.25) is 0 Å². The maximum Gasteiger partial charge on any atom is 0.0489 e. The molecule has 6 heteroatoms. The van der Waals surface area contributed by atoms with E-state index in [2.05, 4.69) is 73.8 Å². The van der Waals surface area contributed by atoms with Crippen molar-refractivity contribution in [1.82, 2.24) is 0 Å². The average molecular weight is 725 g/mol. The molecule has 0 saturated carbocycles. The first-order valence-electron chi connectivity index (χ1n) is 18.8. The van der Waals surface area contributed by atoms with Crippen molar-refractivity contribution in [2.45, 2.75) is 192 Å². The minimum absolute atomic E-state index is 0.102. The van der Waals surface area contributed by atoms with Crippen LogP contribution in [0.25, 0.3) is 0 Å². The molecule has 0 aliphatic carbocycles. The van der Waals surface area contributed by atoms with Crippen LogP contribution in [0.4, 0.5) is 0 Å². The molecule has 0 aromatic rings. The highest BCUT2D eigenvalue weighted by atomic mass is 32.1. The van der Waals surface area contributed by atoms with Gasteiger partial charge in [0.15, 0.2) is 0 Å². The molecule has 0 aliphatic rings. The van der Waals surface area contributed by atoms with E-state index in [-0.39, 0.29) is 26.4 Å². The number of hydrogen-bond acceptors (Lipinski definition) is 6. The molecule has 9 unspecified atom stereocenters. The first kappa shape index (κ1) is 46.1. The van der Waals surface area contributed by atoms with Gasteiger partial charge in [-0.1, -0.05) is 132 Å². The summed E-state index contributed by atoms with van der Waals surface area (Å²) >= 11 is 33.3. The van der Waals surface area contributed by atoms with E-state index in [0.29, 0.717) is 29.6 Å². The van der Waals surface area contributed by atoms with Crippen LogP contribution in [0, 0.1) is 46.0 Å². The van der Waals surface area contributed by atoms with E-state index in [1.807, 2.05) is 0 Å². The van der Waals surface area contributed by atoms with Gasteiger partial charge in [0.1, 0.15) is 0 Å². The Labute approximate surface area is 311 Å². The first-order valence-corrected chi connectivity index (χ1v) is 21.9. The zero-order chi connectivity index (χ0) is 33.7. The second-order valence-corrected chi connectivity index (χ2v) is 16.9. The van der Waals surface area contributed by atoms with Crippen molar-refractivity contribution in [3.8, 4) is 0 Å². The summed E-state index contributed by atoms with van der Waals surface area (Å²) in [5.41, 5.74) is -0.312. The lowest BCUT2D eigenvalue weighted by molar-refractivity contribution is 0.0892. The van der Waals surface area contributed by atoms with Crippen LogP contribution in [-0.4, -0.2) is 21.0 Å². The van der Waals surface area contributed by atoms with Crippen molar-refractivity contribution in [2.75, 3.05) is 0 Å². The van der Waals surface area contributed by atoms with Gasteiger partial charge >= 0.3 is 0 Å². The summed E-state index contributed by atoms with van der Waals surface area (Å²) in [4.78, 5) is 0. The van der Waals surface area contributed by atoms with E-state index in [4.69, 9.17) is 63.1 Å². The summed E-state index contributed by atoms with van der Waals surface area (Å²) in [5, 5.41) is 1.90. The van der Waals surface area contributed by atoms with Gasteiger partial charge in [-0.3, -0.25) is 0 Å². The van der Waals surface area contributed by atoms with E-state index in [0.717, 1.165) is 38.5 Å². The van der Waals surface area contributed by atoms with Gasteiger partial charge in [-0.25, -0.2) is 0 Å². The molecule has 0 N–H and O–H groups in total. The van der Waals surface area contributed by atoms with Gasteiger partial charge in [-0.15, -0.1) is 0 Å². The summed E-state index contributed by atoms with van der Waals surface area (Å²) in [6, 6.07) is 0. The van der Waals surface area contributed by atoms with Crippen molar-refractivity contribution in [3.63, 3.8) is 0 Å². The fraction of sp³-hybridized carbons (Fsp3) is 0.947. The van der Waals surface area contributed by atoms with Crippen molar-refractivity contribution in [3.05, 3.63) is 11.0 Å². The lowest BCUT2D eigenvalue weighted by Gasteiger charge is -2.59. The Kier molecular flexibility index (Phi) is 28.2. The van der Waals surface area contributed by atoms with Crippen molar-refractivity contribution >= 4 is 75.8 Å². The van der Waals surface area contributed by atoms with Gasteiger partial charge in [-0.05, 0) is 68.1 Å². The van der Waals surface area contributed by atoms with Crippen LogP contribution in [0.1, 0.15) is 171 Å². The molecule has 44 heavy (non-hydrogen) atoms. The van der Waals surface area contributed by atoms with E-state index in [1.165, 1.54) is 82.3 Å². The molecule has 0 aromatic carbocycles. The molecule has 2 radical (unpaired) electrons. The normalized spacial score (nSPS) is 20.0. The fourth-order valence-corrected chi connectivity index (χ4v) is 12.0. The van der Waals surface area contributed by atoms with Gasteiger partial charge in [0.05, 0.1) is 0 Å². The maximum absolute atomic E-state index is 5.83. The maximum atomic E-state index is 5.83. The fourth-order valence-electron chi connectivity index (χ4n) is 7.88. The second-order valence-electron chi connectivity index (χ2n) is 13.8. The molecule has 0 aliphatic heterocycles. The summed E-state index contributed by atoms with van der Waals surface area (Å²) in [6.45, 7) is 18.8. The Morgan fingerprint density at radius 1 is 0.545 bits per heavy atom. The Hall–Kier alpha value is 2.10. The van der Waals surface area contributed by atoms with Crippen LogP contribution < -0.4 is 0 Å². The summed E-state index contributed by atoms with van der Waals surface area (Å²) in [7, 11) is 0. The van der Waals surface area contributed by atoms with Crippen LogP contribution in [0.15, 0.2) is 0 Å². The van der Waals surface area contributed by atoms with Crippen LogP contribution in [0.3, 0.4) is 0 Å². The van der Waals surface area contributed by atoms with Gasteiger partial charge in [0, 0.05) is 37.4 Å². The molecular weight excluding hydrogens is 649 g/mol. The lowest BCUT2D eigenvalue weighted by atomic mass is 9.56.